The van der Waals surface area contributed by atoms with E-state index in [0.717, 1.165) is 15.8 Å². The monoisotopic (exact) mass is 259 g/mol. The van der Waals surface area contributed by atoms with Crippen molar-refractivity contribution in [1.82, 2.24) is 0 Å². The number of rotatable bonds is 4. The van der Waals surface area contributed by atoms with Crippen LogP contribution in [0, 0.1) is 0 Å². The minimum absolute atomic E-state index is 0.135. The van der Waals surface area contributed by atoms with Crippen LogP contribution in [0.25, 0.3) is 0 Å². The Hall–Kier alpha value is -0.580. The van der Waals surface area contributed by atoms with Gasteiger partial charge in [-0.1, -0.05) is 15.9 Å². The normalized spacial score (nSPS) is 12.6. The molecular formula is C10H14BrNO2. The van der Waals surface area contributed by atoms with Crippen molar-refractivity contribution < 1.29 is 9.47 Å². The molecule has 0 aliphatic carbocycles. The summed E-state index contributed by atoms with van der Waals surface area (Å²) >= 11 is 3.44. The predicted molar refractivity (Wildman–Crippen MR) is 59.5 cm³/mol. The van der Waals surface area contributed by atoms with Gasteiger partial charge in [0, 0.05) is 11.6 Å². The molecule has 0 saturated heterocycles. The summed E-state index contributed by atoms with van der Waals surface area (Å²) < 4.78 is 11.1. The molecule has 0 amide bonds. The third-order valence-electron chi connectivity index (χ3n) is 1.95. The largest absolute Gasteiger partial charge is 0.497 e. The average molecular weight is 260 g/mol. The van der Waals surface area contributed by atoms with E-state index in [1.165, 1.54) is 0 Å². The van der Waals surface area contributed by atoms with E-state index in [0.29, 0.717) is 6.61 Å². The maximum atomic E-state index is 5.92. The molecule has 1 aromatic rings. The van der Waals surface area contributed by atoms with Crippen molar-refractivity contribution >= 4 is 15.9 Å². The van der Waals surface area contributed by atoms with Gasteiger partial charge in [0.1, 0.15) is 5.75 Å². The molecule has 1 unspecified atom stereocenters. The summed E-state index contributed by atoms with van der Waals surface area (Å²) in [6, 6.07) is 5.58. The lowest BCUT2D eigenvalue weighted by Gasteiger charge is -2.13. The maximum Gasteiger partial charge on any atom is 0.119 e. The lowest BCUT2D eigenvalue weighted by atomic mass is 10.1. The molecule has 2 N–H and O–H groups in total. The van der Waals surface area contributed by atoms with Crippen LogP contribution < -0.4 is 10.5 Å². The minimum atomic E-state index is -0.135. The highest BCUT2D eigenvalue weighted by Crippen LogP contribution is 2.26. The number of ether oxygens (including phenoxy) is 2. The molecular weight excluding hydrogens is 246 g/mol. The Kier molecular flexibility index (Phi) is 4.38. The zero-order chi connectivity index (χ0) is 10.6. The van der Waals surface area contributed by atoms with Crippen molar-refractivity contribution in [2.24, 2.45) is 5.73 Å². The van der Waals surface area contributed by atoms with Gasteiger partial charge in [-0.15, -0.1) is 0 Å². The molecule has 0 fully saturated rings. The summed E-state index contributed by atoms with van der Waals surface area (Å²) in [6.45, 7) is 0.492. The minimum Gasteiger partial charge on any atom is -0.497 e. The lowest BCUT2D eigenvalue weighted by Crippen LogP contribution is -2.16. The van der Waals surface area contributed by atoms with E-state index in [2.05, 4.69) is 15.9 Å². The summed E-state index contributed by atoms with van der Waals surface area (Å²) in [6.07, 6.45) is 0. The average Bonchev–Trinajstić information content (AvgIpc) is 2.19. The topological polar surface area (TPSA) is 44.5 Å². The van der Waals surface area contributed by atoms with Gasteiger partial charge in [-0.05, 0) is 23.8 Å². The Labute approximate surface area is 92.3 Å². The van der Waals surface area contributed by atoms with Crippen molar-refractivity contribution in [3.05, 3.63) is 28.2 Å². The number of hydrogen-bond acceptors (Lipinski definition) is 3. The van der Waals surface area contributed by atoms with Crippen molar-refractivity contribution in [3.8, 4) is 5.75 Å². The number of halogens is 1. The fourth-order valence-corrected chi connectivity index (χ4v) is 1.74. The number of hydrogen-bond donors (Lipinski definition) is 1. The molecule has 3 nitrogen and oxygen atoms in total. The molecule has 0 spiro atoms. The second-order valence-corrected chi connectivity index (χ2v) is 3.80. The molecule has 0 saturated carbocycles. The molecule has 0 heterocycles. The number of benzene rings is 1. The molecule has 0 aliphatic heterocycles. The van der Waals surface area contributed by atoms with Crippen LogP contribution in [0.2, 0.25) is 0 Å². The molecule has 1 rings (SSSR count). The second kappa shape index (κ2) is 5.34. The summed E-state index contributed by atoms with van der Waals surface area (Å²) in [4.78, 5) is 0. The van der Waals surface area contributed by atoms with Gasteiger partial charge in [-0.25, -0.2) is 0 Å². The quantitative estimate of drug-likeness (QED) is 0.901. The SMILES string of the molecule is COCC(N)c1cc(OC)ccc1Br. The fraction of sp³-hybridized carbons (Fsp3) is 0.400. The Morgan fingerprint density at radius 1 is 1.43 bits per heavy atom. The van der Waals surface area contributed by atoms with Gasteiger partial charge >= 0.3 is 0 Å². The first kappa shape index (κ1) is 11.5. The summed E-state index contributed by atoms with van der Waals surface area (Å²) in [5.41, 5.74) is 6.91. The third-order valence-corrected chi connectivity index (χ3v) is 2.67. The number of nitrogens with two attached hydrogens (primary N) is 1. The van der Waals surface area contributed by atoms with Crippen LogP contribution in [-0.2, 0) is 4.74 Å². The highest BCUT2D eigenvalue weighted by molar-refractivity contribution is 9.10. The second-order valence-electron chi connectivity index (χ2n) is 2.95. The summed E-state index contributed by atoms with van der Waals surface area (Å²) in [5, 5.41) is 0. The molecule has 0 radical (unpaired) electrons. The van der Waals surface area contributed by atoms with Gasteiger partial charge in [0.25, 0.3) is 0 Å². The maximum absolute atomic E-state index is 5.92. The Bertz CT molecular complexity index is 304. The Balaban J connectivity index is 2.93. The summed E-state index contributed by atoms with van der Waals surface area (Å²) in [7, 11) is 3.27. The zero-order valence-electron chi connectivity index (χ0n) is 8.29. The van der Waals surface area contributed by atoms with E-state index < -0.39 is 0 Å². The molecule has 4 heteroatoms. The predicted octanol–water partition coefficient (Wildman–Crippen LogP) is 2.10. The standard InChI is InChI=1S/C10H14BrNO2/c1-13-6-10(12)8-5-7(14-2)3-4-9(8)11/h3-5,10H,6,12H2,1-2H3. The molecule has 0 bridgehead atoms. The highest BCUT2D eigenvalue weighted by Gasteiger charge is 2.10. The lowest BCUT2D eigenvalue weighted by molar-refractivity contribution is 0.180. The van der Waals surface area contributed by atoms with E-state index in [1.54, 1.807) is 14.2 Å². The first-order valence-corrected chi connectivity index (χ1v) is 5.06. The van der Waals surface area contributed by atoms with Crippen LogP contribution in [0.3, 0.4) is 0 Å². The van der Waals surface area contributed by atoms with Crippen LogP contribution in [0.15, 0.2) is 22.7 Å². The van der Waals surface area contributed by atoms with E-state index in [1.807, 2.05) is 18.2 Å². The van der Waals surface area contributed by atoms with Crippen LogP contribution in [-0.4, -0.2) is 20.8 Å². The Morgan fingerprint density at radius 3 is 2.71 bits per heavy atom. The Morgan fingerprint density at radius 2 is 2.14 bits per heavy atom. The van der Waals surface area contributed by atoms with Gasteiger partial charge in [-0.2, -0.15) is 0 Å². The third kappa shape index (κ3) is 2.70. The number of methoxy groups -OCH3 is 2. The zero-order valence-corrected chi connectivity index (χ0v) is 9.87. The molecule has 14 heavy (non-hydrogen) atoms. The first-order chi connectivity index (χ1) is 6.69. The van der Waals surface area contributed by atoms with Gasteiger partial charge in [0.15, 0.2) is 0 Å². The van der Waals surface area contributed by atoms with Crippen molar-refractivity contribution in [3.63, 3.8) is 0 Å². The van der Waals surface area contributed by atoms with Crippen molar-refractivity contribution in [2.75, 3.05) is 20.8 Å². The van der Waals surface area contributed by atoms with E-state index >= 15 is 0 Å². The highest BCUT2D eigenvalue weighted by atomic mass is 79.9. The molecule has 78 valence electrons. The van der Waals surface area contributed by atoms with Gasteiger partial charge in [0.05, 0.1) is 19.8 Å². The van der Waals surface area contributed by atoms with Crippen molar-refractivity contribution in [2.45, 2.75) is 6.04 Å². The van der Waals surface area contributed by atoms with Crippen LogP contribution >= 0.6 is 15.9 Å². The van der Waals surface area contributed by atoms with E-state index in [9.17, 15) is 0 Å². The van der Waals surface area contributed by atoms with Crippen LogP contribution in [0.5, 0.6) is 5.75 Å². The van der Waals surface area contributed by atoms with Gasteiger partial charge in [0.2, 0.25) is 0 Å². The van der Waals surface area contributed by atoms with Crippen LogP contribution in [0.4, 0.5) is 0 Å². The molecule has 0 aromatic heterocycles. The molecule has 1 aromatic carbocycles. The fourth-order valence-electron chi connectivity index (χ4n) is 1.20. The van der Waals surface area contributed by atoms with Crippen LogP contribution in [0.1, 0.15) is 11.6 Å². The van der Waals surface area contributed by atoms with E-state index in [-0.39, 0.29) is 6.04 Å². The summed E-state index contributed by atoms with van der Waals surface area (Å²) in [5.74, 6) is 0.801. The van der Waals surface area contributed by atoms with Crippen molar-refractivity contribution in [1.29, 1.82) is 0 Å². The molecule has 0 aliphatic rings. The van der Waals surface area contributed by atoms with E-state index in [4.69, 9.17) is 15.2 Å². The first-order valence-electron chi connectivity index (χ1n) is 4.27. The van der Waals surface area contributed by atoms with Gasteiger partial charge < -0.3 is 15.2 Å². The molecule has 1 atom stereocenters. The van der Waals surface area contributed by atoms with Gasteiger partial charge in [-0.3, -0.25) is 0 Å². The smallest absolute Gasteiger partial charge is 0.119 e.